The summed E-state index contributed by atoms with van der Waals surface area (Å²) in [6.07, 6.45) is 11.9. The zero-order valence-corrected chi connectivity index (χ0v) is 33.1. The zero-order chi connectivity index (χ0) is 38.2. The molecule has 1 atom stereocenters. The van der Waals surface area contributed by atoms with E-state index in [9.17, 15) is 9.59 Å². The van der Waals surface area contributed by atoms with E-state index in [1.165, 1.54) is 0 Å². The number of urea groups is 1. The minimum absolute atomic E-state index is 0.0260. The first-order valence-corrected chi connectivity index (χ1v) is 19.0. The second-order valence-corrected chi connectivity index (χ2v) is 15.9. The summed E-state index contributed by atoms with van der Waals surface area (Å²) in [4.78, 5) is 47.8. The number of aliphatic imine (C=N–C) groups is 1. The summed E-state index contributed by atoms with van der Waals surface area (Å²) in [6, 6.07) is 13.0. The van der Waals surface area contributed by atoms with Crippen LogP contribution in [0.3, 0.4) is 0 Å². The van der Waals surface area contributed by atoms with E-state index in [1.807, 2.05) is 66.4 Å². The summed E-state index contributed by atoms with van der Waals surface area (Å²) in [5, 5.41) is 4.30. The fourth-order valence-electron chi connectivity index (χ4n) is 6.26. The number of hydrogen-bond acceptors (Lipinski definition) is 7. The normalized spacial score (nSPS) is 17.0. The Morgan fingerprint density at radius 3 is 2.32 bits per heavy atom. The molecule has 12 heteroatoms. The number of ether oxygens (including phenoxy) is 1. The molecular formula is C41H51Cl2N7O3. The topological polar surface area (TPSA) is 103 Å². The Bertz CT molecular complexity index is 1810. The molecule has 2 aromatic heterocycles. The van der Waals surface area contributed by atoms with Gasteiger partial charge in [0.1, 0.15) is 11.6 Å². The zero-order valence-electron chi connectivity index (χ0n) is 31.6. The molecule has 2 aliphatic rings. The standard InChI is InChI=1S/C41H51Cl2N7O3/c1-7-53-35-24-36(40(2,3)4)45-26-34(35)38(47-41(5,6)31-10-14-33(43)15-11-31)50(27-30-8-12-32(42)13-9-30)39(52)49-22-20-48(21-23-49)28-37(51)46-25-29-16-18-44-19-17-29/h8-10,12-19,24,26,31H,7,11,20-23,25,27-28H2,1-6H3,(H,46,51). The number of carbonyl (C=O) groups excluding carboxylic acids is 2. The summed E-state index contributed by atoms with van der Waals surface area (Å²) < 4.78 is 6.29. The van der Waals surface area contributed by atoms with Gasteiger partial charge in [0.15, 0.2) is 0 Å². The number of amides is 3. The van der Waals surface area contributed by atoms with Crippen LogP contribution in [0.2, 0.25) is 5.02 Å². The van der Waals surface area contributed by atoms with Gasteiger partial charge in [0, 0.05) is 84.5 Å². The lowest BCUT2D eigenvalue weighted by Gasteiger charge is -2.39. The predicted molar refractivity (Wildman–Crippen MR) is 212 cm³/mol. The molecule has 0 radical (unpaired) electrons. The molecule has 5 rings (SSSR count). The van der Waals surface area contributed by atoms with Crippen LogP contribution < -0.4 is 10.1 Å². The summed E-state index contributed by atoms with van der Waals surface area (Å²) in [7, 11) is 0. The average Bonchev–Trinajstić information content (AvgIpc) is 3.13. The van der Waals surface area contributed by atoms with Crippen LogP contribution in [0.1, 0.15) is 70.3 Å². The van der Waals surface area contributed by atoms with Crippen molar-refractivity contribution >= 4 is 41.0 Å². The Kier molecular flexibility index (Phi) is 13.4. The Morgan fingerprint density at radius 2 is 1.70 bits per heavy atom. The second-order valence-electron chi connectivity index (χ2n) is 15.0. The molecule has 1 aliphatic carbocycles. The van der Waals surface area contributed by atoms with Crippen molar-refractivity contribution in [1.82, 2.24) is 30.0 Å². The van der Waals surface area contributed by atoms with Gasteiger partial charge in [-0.2, -0.15) is 0 Å². The van der Waals surface area contributed by atoms with Crippen LogP contribution >= 0.6 is 23.2 Å². The molecule has 3 heterocycles. The van der Waals surface area contributed by atoms with E-state index in [0.29, 0.717) is 73.0 Å². The number of allylic oxidation sites excluding steroid dienone is 3. The molecule has 3 aromatic rings. The van der Waals surface area contributed by atoms with Crippen molar-refractivity contribution in [1.29, 1.82) is 0 Å². The molecule has 1 fully saturated rings. The van der Waals surface area contributed by atoms with E-state index in [1.54, 1.807) is 23.5 Å². The van der Waals surface area contributed by atoms with Crippen molar-refractivity contribution in [3.05, 3.63) is 112 Å². The Hall–Kier alpha value is -4.25. The number of nitrogens with one attached hydrogen (secondary N) is 1. The maximum Gasteiger partial charge on any atom is 0.326 e. The van der Waals surface area contributed by atoms with Gasteiger partial charge in [0.25, 0.3) is 0 Å². The minimum Gasteiger partial charge on any atom is -0.493 e. The highest BCUT2D eigenvalue weighted by molar-refractivity contribution is 6.31. The fourth-order valence-corrected chi connectivity index (χ4v) is 6.55. The number of hydrogen-bond donors (Lipinski definition) is 1. The average molecular weight is 761 g/mol. The highest BCUT2D eigenvalue weighted by Crippen LogP contribution is 2.34. The largest absolute Gasteiger partial charge is 0.493 e. The van der Waals surface area contributed by atoms with Gasteiger partial charge >= 0.3 is 6.03 Å². The van der Waals surface area contributed by atoms with Crippen molar-refractivity contribution in [2.75, 3.05) is 39.3 Å². The third-order valence-corrected chi connectivity index (χ3v) is 10.1. The van der Waals surface area contributed by atoms with Crippen LogP contribution in [-0.2, 0) is 23.3 Å². The smallest absolute Gasteiger partial charge is 0.326 e. The molecule has 3 amide bonds. The molecular weight excluding hydrogens is 709 g/mol. The van der Waals surface area contributed by atoms with Crippen LogP contribution in [0, 0.1) is 5.92 Å². The number of carbonyl (C=O) groups is 2. The molecule has 0 bridgehead atoms. The van der Waals surface area contributed by atoms with Crippen LogP contribution in [0.15, 0.2) is 89.3 Å². The summed E-state index contributed by atoms with van der Waals surface area (Å²) in [5.74, 6) is 1.04. The first kappa shape index (κ1) is 39.9. The fraction of sp³-hybridized carbons (Fsp3) is 0.439. The maximum atomic E-state index is 14.9. The molecule has 1 aliphatic heterocycles. The molecule has 10 nitrogen and oxygen atoms in total. The highest BCUT2D eigenvalue weighted by Gasteiger charge is 2.35. The van der Waals surface area contributed by atoms with Crippen molar-refractivity contribution < 1.29 is 14.3 Å². The molecule has 282 valence electrons. The number of pyridine rings is 2. The van der Waals surface area contributed by atoms with E-state index in [4.69, 9.17) is 37.9 Å². The number of piperazine rings is 1. The minimum atomic E-state index is -0.646. The highest BCUT2D eigenvalue weighted by atomic mass is 35.5. The number of aromatic nitrogens is 2. The molecule has 0 spiro atoms. The van der Waals surface area contributed by atoms with Gasteiger partial charge in [-0.1, -0.05) is 68.3 Å². The lowest BCUT2D eigenvalue weighted by molar-refractivity contribution is -0.122. The molecule has 1 aromatic carbocycles. The maximum absolute atomic E-state index is 14.9. The predicted octanol–water partition coefficient (Wildman–Crippen LogP) is 7.61. The second kappa shape index (κ2) is 17.7. The number of rotatable bonds is 11. The molecule has 53 heavy (non-hydrogen) atoms. The molecule has 1 saturated heterocycles. The first-order valence-electron chi connectivity index (χ1n) is 18.2. The van der Waals surface area contributed by atoms with Crippen LogP contribution in [0.4, 0.5) is 4.79 Å². The summed E-state index contributed by atoms with van der Waals surface area (Å²) >= 11 is 12.6. The van der Waals surface area contributed by atoms with E-state index in [2.05, 4.69) is 55.9 Å². The number of benzene rings is 1. The van der Waals surface area contributed by atoms with Gasteiger partial charge in [-0.15, -0.1) is 0 Å². The molecule has 0 saturated carbocycles. The van der Waals surface area contributed by atoms with Crippen LogP contribution in [0.25, 0.3) is 0 Å². The Labute approximate surface area is 323 Å². The van der Waals surface area contributed by atoms with E-state index in [-0.39, 0.29) is 36.4 Å². The van der Waals surface area contributed by atoms with Gasteiger partial charge in [-0.05, 0) is 68.7 Å². The van der Waals surface area contributed by atoms with Gasteiger partial charge in [0.2, 0.25) is 5.91 Å². The van der Waals surface area contributed by atoms with Crippen molar-refractivity contribution in [2.45, 2.75) is 72.0 Å². The number of halogens is 2. The summed E-state index contributed by atoms with van der Waals surface area (Å²) in [6.45, 7) is 15.8. The summed E-state index contributed by atoms with van der Waals surface area (Å²) in [5.41, 5.74) is 2.51. The van der Waals surface area contributed by atoms with Crippen molar-refractivity contribution in [3.63, 3.8) is 0 Å². The van der Waals surface area contributed by atoms with Crippen LogP contribution in [0.5, 0.6) is 5.75 Å². The third-order valence-electron chi connectivity index (χ3n) is 9.52. The van der Waals surface area contributed by atoms with Crippen LogP contribution in [-0.4, -0.2) is 87.3 Å². The number of amidine groups is 1. The van der Waals surface area contributed by atoms with Gasteiger partial charge in [0.05, 0.1) is 30.8 Å². The molecule has 1 N–H and O–H groups in total. The Morgan fingerprint density at radius 1 is 1.00 bits per heavy atom. The Balaban J connectivity index is 1.48. The first-order chi connectivity index (χ1) is 25.2. The quantitative estimate of drug-likeness (QED) is 0.160. The van der Waals surface area contributed by atoms with Gasteiger partial charge in [-0.25, -0.2) is 4.79 Å². The SMILES string of the molecule is CCOc1cc(C(C)(C)C)ncc1C(=NC(C)(C)C1C=CC(Cl)=CC1)N(Cc1ccc(Cl)cc1)C(=O)N1CCN(CC(=O)NCc2ccncc2)CC1. The van der Waals surface area contributed by atoms with Crippen molar-refractivity contribution in [3.8, 4) is 5.75 Å². The van der Waals surface area contributed by atoms with E-state index >= 15 is 0 Å². The lowest BCUT2D eigenvalue weighted by atomic mass is 9.83. The van der Waals surface area contributed by atoms with E-state index in [0.717, 1.165) is 16.8 Å². The molecule has 1 unspecified atom stereocenters. The monoisotopic (exact) mass is 759 g/mol. The lowest BCUT2D eigenvalue weighted by Crippen LogP contribution is -2.55. The van der Waals surface area contributed by atoms with Gasteiger partial charge in [-0.3, -0.25) is 29.6 Å². The van der Waals surface area contributed by atoms with E-state index < -0.39 is 5.54 Å². The van der Waals surface area contributed by atoms with Crippen molar-refractivity contribution in [2.24, 2.45) is 10.9 Å². The van der Waals surface area contributed by atoms with Gasteiger partial charge < -0.3 is 15.0 Å². The third kappa shape index (κ3) is 10.9. The number of nitrogens with zero attached hydrogens (tertiary/aromatic N) is 6.